The Morgan fingerprint density at radius 2 is 1.75 bits per heavy atom. The largest absolute Gasteiger partial charge is 0.325 e. The van der Waals surface area contributed by atoms with E-state index < -0.39 is 5.54 Å². The second-order valence-electron chi connectivity index (χ2n) is 5.46. The third-order valence-electron chi connectivity index (χ3n) is 4.25. The van der Waals surface area contributed by atoms with Gasteiger partial charge in [0.25, 0.3) is 5.91 Å². The van der Waals surface area contributed by atoms with Crippen molar-refractivity contribution >= 4 is 11.9 Å². The summed E-state index contributed by atoms with van der Waals surface area (Å²) >= 11 is 0. The smallest absolute Gasteiger partial charge is 0.302 e. The molecule has 0 unspecified atom stereocenters. The van der Waals surface area contributed by atoms with Gasteiger partial charge in [0, 0.05) is 12.4 Å². The summed E-state index contributed by atoms with van der Waals surface area (Å²) in [4.78, 5) is 34.4. The van der Waals surface area contributed by atoms with Crippen LogP contribution in [0.2, 0.25) is 0 Å². The molecule has 1 N–H and O–H groups in total. The number of rotatable bonds is 2. The number of hydrogen-bond donors (Lipinski definition) is 1. The van der Waals surface area contributed by atoms with Crippen molar-refractivity contribution in [2.75, 3.05) is 0 Å². The first kappa shape index (κ1) is 13.0. The lowest BCUT2D eigenvalue weighted by Crippen LogP contribution is -2.49. The van der Waals surface area contributed by atoms with Gasteiger partial charge in [0.1, 0.15) is 11.4 Å². The number of nitrogens with zero attached hydrogens (tertiary/aromatic N) is 3. The fourth-order valence-corrected chi connectivity index (χ4v) is 3.18. The zero-order valence-corrected chi connectivity index (χ0v) is 11.3. The second kappa shape index (κ2) is 5.19. The number of imide groups is 1. The minimum absolute atomic E-state index is 0.152. The number of carbonyl (C=O) groups excluding carboxylic acids is 2. The van der Waals surface area contributed by atoms with Crippen molar-refractivity contribution in [2.45, 2.75) is 50.6 Å². The Labute approximate surface area is 117 Å². The molecule has 1 saturated carbocycles. The van der Waals surface area contributed by atoms with E-state index >= 15 is 0 Å². The molecule has 2 heterocycles. The van der Waals surface area contributed by atoms with E-state index in [1.54, 1.807) is 23.4 Å². The number of carbonyl (C=O) groups is 2. The zero-order chi connectivity index (χ0) is 14.0. The van der Waals surface area contributed by atoms with Gasteiger partial charge >= 0.3 is 6.03 Å². The third kappa shape index (κ3) is 2.15. The average Bonchev–Trinajstić information content (AvgIpc) is 2.66. The Balaban J connectivity index is 1.89. The number of amides is 3. The van der Waals surface area contributed by atoms with E-state index in [1.165, 1.54) is 0 Å². The number of aromatic nitrogens is 2. The molecule has 20 heavy (non-hydrogen) atoms. The van der Waals surface area contributed by atoms with Gasteiger partial charge in [0.05, 0.1) is 6.54 Å². The van der Waals surface area contributed by atoms with Crippen molar-refractivity contribution < 1.29 is 9.59 Å². The summed E-state index contributed by atoms with van der Waals surface area (Å²) < 4.78 is 0. The molecule has 1 aromatic heterocycles. The predicted molar refractivity (Wildman–Crippen MR) is 71.5 cm³/mol. The zero-order valence-electron chi connectivity index (χ0n) is 11.3. The summed E-state index contributed by atoms with van der Waals surface area (Å²) in [6.07, 6.45) is 8.97. The summed E-state index contributed by atoms with van der Waals surface area (Å²) in [7, 11) is 0. The van der Waals surface area contributed by atoms with Gasteiger partial charge in [-0.15, -0.1) is 0 Å². The molecule has 0 bridgehead atoms. The SMILES string of the molecule is O=C1NC(=O)C2(CCCCCC2)N1Cc1ncccn1. The van der Waals surface area contributed by atoms with Crippen molar-refractivity contribution in [3.8, 4) is 0 Å². The Kier molecular flexibility index (Phi) is 3.38. The molecule has 1 aliphatic heterocycles. The van der Waals surface area contributed by atoms with Gasteiger partial charge in [-0.1, -0.05) is 25.7 Å². The van der Waals surface area contributed by atoms with Crippen molar-refractivity contribution in [1.29, 1.82) is 0 Å². The molecule has 1 saturated heterocycles. The van der Waals surface area contributed by atoms with Crippen molar-refractivity contribution in [3.05, 3.63) is 24.3 Å². The Hall–Kier alpha value is -1.98. The van der Waals surface area contributed by atoms with Crippen molar-refractivity contribution in [3.63, 3.8) is 0 Å². The third-order valence-corrected chi connectivity index (χ3v) is 4.25. The number of nitrogens with one attached hydrogen (secondary N) is 1. The minimum Gasteiger partial charge on any atom is -0.302 e. The highest BCUT2D eigenvalue weighted by Gasteiger charge is 2.52. The van der Waals surface area contributed by atoms with Crippen LogP contribution in [0.5, 0.6) is 0 Å². The first-order valence-corrected chi connectivity index (χ1v) is 7.11. The van der Waals surface area contributed by atoms with Gasteiger partial charge in [-0.2, -0.15) is 0 Å². The normalized spacial score (nSPS) is 21.9. The maximum absolute atomic E-state index is 12.3. The van der Waals surface area contributed by atoms with E-state index in [4.69, 9.17) is 0 Å². The molecular formula is C14H18N4O2. The van der Waals surface area contributed by atoms with E-state index in [0.29, 0.717) is 12.4 Å². The minimum atomic E-state index is -0.688. The van der Waals surface area contributed by atoms with E-state index in [-0.39, 0.29) is 11.9 Å². The number of hydrogen-bond acceptors (Lipinski definition) is 4. The molecule has 0 aromatic carbocycles. The summed E-state index contributed by atoms with van der Waals surface area (Å²) in [6, 6.07) is 1.42. The van der Waals surface area contributed by atoms with Gasteiger partial charge in [-0.25, -0.2) is 14.8 Å². The van der Waals surface area contributed by atoms with Crippen LogP contribution < -0.4 is 5.32 Å². The molecular weight excluding hydrogens is 256 g/mol. The Morgan fingerprint density at radius 3 is 2.40 bits per heavy atom. The van der Waals surface area contributed by atoms with E-state index in [1.807, 2.05) is 0 Å². The lowest BCUT2D eigenvalue weighted by Gasteiger charge is -2.34. The van der Waals surface area contributed by atoms with Crippen molar-refractivity contribution in [1.82, 2.24) is 20.2 Å². The van der Waals surface area contributed by atoms with Crippen molar-refractivity contribution in [2.24, 2.45) is 0 Å². The van der Waals surface area contributed by atoms with E-state index in [9.17, 15) is 9.59 Å². The summed E-state index contributed by atoms with van der Waals surface area (Å²) in [6.45, 7) is 0.290. The molecule has 0 atom stereocenters. The first-order chi connectivity index (χ1) is 9.72. The highest BCUT2D eigenvalue weighted by atomic mass is 16.2. The molecule has 3 amide bonds. The molecule has 0 radical (unpaired) electrons. The maximum atomic E-state index is 12.3. The Bertz CT molecular complexity index is 509. The summed E-state index contributed by atoms with van der Waals surface area (Å²) in [5, 5.41) is 2.47. The standard InChI is InChI=1S/C14H18N4O2/c19-12-14(6-3-1-2-4-7-14)18(13(20)17-12)10-11-15-8-5-9-16-11/h5,8-9H,1-4,6-7,10H2,(H,17,19,20). The van der Waals surface area contributed by atoms with Crippen LogP contribution in [0, 0.1) is 0 Å². The Morgan fingerprint density at radius 1 is 1.10 bits per heavy atom. The molecule has 6 nitrogen and oxygen atoms in total. The van der Waals surface area contributed by atoms with Gasteiger partial charge in [-0.3, -0.25) is 10.1 Å². The van der Waals surface area contributed by atoms with Crippen LogP contribution in [0.3, 0.4) is 0 Å². The van der Waals surface area contributed by atoms with Gasteiger partial charge in [0.15, 0.2) is 0 Å². The summed E-state index contributed by atoms with van der Waals surface area (Å²) in [5.74, 6) is 0.418. The van der Waals surface area contributed by atoms with Crippen LogP contribution in [-0.4, -0.2) is 32.3 Å². The molecule has 1 aliphatic carbocycles. The fourth-order valence-electron chi connectivity index (χ4n) is 3.18. The first-order valence-electron chi connectivity index (χ1n) is 7.11. The lowest BCUT2D eigenvalue weighted by atomic mass is 9.88. The van der Waals surface area contributed by atoms with Gasteiger partial charge in [0.2, 0.25) is 0 Å². The van der Waals surface area contributed by atoms with Crippen LogP contribution >= 0.6 is 0 Å². The van der Waals surface area contributed by atoms with Crippen LogP contribution in [0.25, 0.3) is 0 Å². The van der Waals surface area contributed by atoms with Gasteiger partial charge < -0.3 is 4.90 Å². The topological polar surface area (TPSA) is 75.2 Å². The highest BCUT2D eigenvalue weighted by molar-refractivity contribution is 6.06. The molecule has 3 rings (SSSR count). The maximum Gasteiger partial charge on any atom is 0.325 e. The molecule has 1 aromatic rings. The van der Waals surface area contributed by atoms with Crippen LogP contribution in [-0.2, 0) is 11.3 Å². The van der Waals surface area contributed by atoms with Crippen LogP contribution in [0.4, 0.5) is 4.79 Å². The highest BCUT2D eigenvalue weighted by Crippen LogP contribution is 2.36. The molecule has 1 spiro atoms. The molecule has 6 heteroatoms. The quantitative estimate of drug-likeness (QED) is 0.832. The second-order valence-corrected chi connectivity index (χ2v) is 5.46. The van der Waals surface area contributed by atoms with Crippen LogP contribution in [0.15, 0.2) is 18.5 Å². The predicted octanol–water partition coefficient (Wildman–Crippen LogP) is 1.62. The van der Waals surface area contributed by atoms with E-state index in [0.717, 1.165) is 38.5 Å². The summed E-state index contributed by atoms with van der Waals surface area (Å²) in [5.41, 5.74) is -0.688. The monoisotopic (exact) mass is 274 g/mol. The fraction of sp³-hybridized carbons (Fsp3) is 0.571. The molecule has 2 aliphatic rings. The average molecular weight is 274 g/mol. The number of urea groups is 1. The molecule has 2 fully saturated rings. The van der Waals surface area contributed by atoms with E-state index in [2.05, 4.69) is 15.3 Å². The lowest BCUT2D eigenvalue weighted by molar-refractivity contribution is -0.127. The van der Waals surface area contributed by atoms with Gasteiger partial charge in [-0.05, 0) is 18.9 Å². The molecule has 106 valence electrons. The van der Waals surface area contributed by atoms with Crippen LogP contribution in [0.1, 0.15) is 44.3 Å².